The van der Waals surface area contributed by atoms with Gasteiger partial charge in [0.1, 0.15) is 0 Å². The van der Waals surface area contributed by atoms with Crippen molar-refractivity contribution in [2.24, 2.45) is 0 Å². The number of carbonyl (C=O) groups excluding carboxylic acids is 1. The van der Waals surface area contributed by atoms with Gasteiger partial charge in [-0.1, -0.05) is 6.07 Å². The molecule has 0 saturated carbocycles. The maximum Gasteiger partial charge on any atom is 0.341 e. The standard InChI is InChI=1S/C14H15BrN2O3/c1-3-20-14(19)11-7-16-17(8-11)13-5-4-10(9(2)18)6-12(13)15/h4-9,18H,3H2,1-2H3/t9-/m1/s1. The summed E-state index contributed by atoms with van der Waals surface area (Å²) in [5, 5.41) is 13.7. The van der Waals surface area contributed by atoms with Gasteiger partial charge in [-0.2, -0.15) is 5.10 Å². The molecule has 6 heteroatoms. The Morgan fingerprint density at radius 1 is 1.55 bits per heavy atom. The lowest BCUT2D eigenvalue weighted by Gasteiger charge is -2.09. The lowest BCUT2D eigenvalue weighted by atomic mass is 10.1. The highest BCUT2D eigenvalue weighted by atomic mass is 79.9. The largest absolute Gasteiger partial charge is 0.462 e. The summed E-state index contributed by atoms with van der Waals surface area (Å²) in [6, 6.07) is 5.47. The highest BCUT2D eigenvalue weighted by molar-refractivity contribution is 9.10. The number of aliphatic hydroxyl groups is 1. The first kappa shape index (κ1) is 14.7. The molecule has 106 valence electrons. The van der Waals surface area contributed by atoms with Crippen LogP contribution in [-0.2, 0) is 4.74 Å². The Morgan fingerprint density at radius 2 is 2.30 bits per heavy atom. The molecule has 2 rings (SSSR count). The Kier molecular flexibility index (Phi) is 4.57. The molecule has 1 N–H and O–H groups in total. The zero-order valence-electron chi connectivity index (χ0n) is 11.2. The number of rotatable bonds is 4. The second-order valence-electron chi connectivity index (χ2n) is 4.28. The molecule has 0 bridgehead atoms. The fourth-order valence-corrected chi connectivity index (χ4v) is 2.32. The Morgan fingerprint density at radius 3 is 2.90 bits per heavy atom. The lowest BCUT2D eigenvalue weighted by molar-refractivity contribution is 0.0526. The molecule has 0 saturated heterocycles. The van der Waals surface area contributed by atoms with E-state index in [1.165, 1.54) is 6.20 Å². The first-order chi connectivity index (χ1) is 9.52. The van der Waals surface area contributed by atoms with Crippen LogP contribution in [0, 0.1) is 0 Å². The molecule has 1 heterocycles. The number of ether oxygens (including phenoxy) is 1. The summed E-state index contributed by atoms with van der Waals surface area (Å²) in [5.74, 6) is -0.393. The van der Waals surface area contributed by atoms with Crippen LogP contribution in [0.5, 0.6) is 0 Å². The molecule has 0 aliphatic rings. The number of halogens is 1. The summed E-state index contributed by atoms with van der Waals surface area (Å²) in [6.07, 6.45) is 2.54. The number of benzene rings is 1. The van der Waals surface area contributed by atoms with E-state index in [0.717, 1.165) is 15.7 Å². The minimum atomic E-state index is -0.534. The van der Waals surface area contributed by atoms with Crippen molar-refractivity contribution in [3.8, 4) is 5.69 Å². The minimum absolute atomic E-state index is 0.330. The van der Waals surface area contributed by atoms with E-state index in [1.54, 1.807) is 24.7 Å². The number of hydrogen-bond donors (Lipinski definition) is 1. The summed E-state index contributed by atoms with van der Waals surface area (Å²) in [7, 11) is 0. The fourth-order valence-electron chi connectivity index (χ4n) is 1.74. The predicted molar refractivity (Wildman–Crippen MR) is 77.9 cm³/mol. The Balaban J connectivity index is 2.30. The third kappa shape index (κ3) is 3.08. The number of aromatic nitrogens is 2. The van der Waals surface area contributed by atoms with Crippen LogP contribution >= 0.6 is 15.9 Å². The molecule has 2 aromatic rings. The molecule has 5 nitrogen and oxygen atoms in total. The summed E-state index contributed by atoms with van der Waals surface area (Å²) >= 11 is 3.44. The van der Waals surface area contributed by atoms with Crippen molar-refractivity contribution in [1.29, 1.82) is 0 Å². The average Bonchev–Trinajstić information content (AvgIpc) is 2.88. The normalized spacial score (nSPS) is 12.2. The molecule has 1 aromatic carbocycles. The van der Waals surface area contributed by atoms with Gasteiger partial charge >= 0.3 is 5.97 Å². The molecule has 0 radical (unpaired) electrons. The van der Waals surface area contributed by atoms with Crippen LogP contribution < -0.4 is 0 Å². The van der Waals surface area contributed by atoms with Gasteiger partial charge in [0.05, 0.1) is 30.2 Å². The lowest BCUT2D eigenvalue weighted by Crippen LogP contribution is -2.03. The molecule has 1 aromatic heterocycles. The molecule has 0 unspecified atom stereocenters. The third-order valence-electron chi connectivity index (χ3n) is 2.79. The second-order valence-corrected chi connectivity index (χ2v) is 5.14. The van der Waals surface area contributed by atoms with E-state index in [-0.39, 0.29) is 0 Å². The predicted octanol–water partition coefficient (Wildman–Crippen LogP) is 2.86. The number of esters is 1. The van der Waals surface area contributed by atoms with Gasteiger partial charge in [0.2, 0.25) is 0 Å². The van der Waals surface area contributed by atoms with Crippen molar-refractivity contribution in [2.75, 3.05) is 6.61 Å². The van der Waals surface area contributed by atoms with E-state index in [9.17, 15) is 9.90 Å². The monoisotopic (exact) mass is 338 g/mol. The number of carbonyl (C=O) groups is 1. The average molecular weight is 339 g/mol. The highest BCUT2D eigenvalue weighted by Crippen LogP contribution is 2.25. The summed E-state index contributed by atoms with van der Waals surface area (Å²) in [4.78, 5) is 11.6. The Bertz CT molecular complexity index is 623. The van der Waals surface area contributed by atoms with Crippen LogP contribution in [0.4, 0.5) is 0 Å². The van der Waals surface area contributed by atoms with Crippen LogP contribution in [0.3, 0.4) is 0 Å². The van der Waals surface area contributed by atoms with Gasteiger partial charge in [-0.3, -0.25) is 0 Å². The quantitative estimate of drug-likeness (QED) is 0.870. The molecule has 0 aliphatic heterocycles. The third-order valence-corrected chi connectivity index (χ3v) is 3.43. The smallest absolute Gasteiger partial charge is 0.341 e. The zero-order valence-corrected chi connectivity index (χ0v) is 12.8. The van der Waals surface area contributed by atoms with Crippen molar-refractivity contribution >= 4 is 21.9 Å². The van der Waals surface area contributed by atoms with Gasteiger partial charge in [-0.15, -0.1) is 0 Å². The van der Waals surface area contributed by atoms with Crippen LogP contribution in [0.1, 0.15) is 35.9 Å². The van der Waals surface area contributed by atoms with Crippen molar-refractivity contribution in [2.45, 2.75) is 20.0 Å². The van der Waals surface area contributed by atoms with Crippen molar-refractivity contribution in [1.82, 2.24) is 9.78 Å². The zero-order chi connectivity index (χ0) is 14.7. The van der Waals surface area contributed by atoms with E-state index in [0.29, 0.717) is 12.2 Å². The van der Waals surface area contributed by atoms with Crippen LogP contribution in [-0.4, -0.2) is 27.5 Å². The summed E-state index contributed by atoms with van der Waals surface area (Å²) in [6.45, 7) is 3.79. The molecule has 0 amide bonds. The van der Waals surface area contributed by atoms with E-state index >= 15 is 0 Å². The maximum absolute atomic E-state index is 11.6. The topological polar surface area (TPSA) is 64.3 Å². The minimum Gasteiger partial charge on any atom is -0.462 e. The SMILES string of the molecule is CCOC(=O)c1cnn(-c2ccc([C@@H](C)O)cc2Br)c1. The molecule has 20 heavy (non-hydrogen) atoms. The van der Waals surface area contributed by atoms with Gasteiger partial charge in [0, 0.05) is 10.7 Å². The van der Waals surface area contributed by atoms with Crippen LogP contribution in [0.2, 0.25) is 0 Å². The highest BCUT2D eigenvalue weighted by Gasteiger charge is 2.12. The van der Waals surface area contributed by atoms with Gasteiger partial charge in [-0.25, -0.2) is 9.48 Å². The number of nitrogens with zero attached hydrogens (tertiary/aromatic N) is 2. The fraction of sp³-hybridized carbons (Fsp3) is 0.286. The van der Waals surface area contributed by atoms with E-state index in [2.05, 4.69) is 21.0 Å². The van der Waals surface area contributed by atoms with Gasteiger partial charge in [0.15, 0.2) is 0 Å². The van der Waals surface area contributed by atoms with Crippen LogP contribution in [0.25, 0.3) is 5.69 Å². The second kappa shape index (κ2) is 6.19. The van der Waals surface area contributed by atoms with Crippen LogP contribution in [0.15, 0.2) is 35.1 Å². The number of hydrogen-bond acceptors (Lipinski definition) is 4. The molecular weight excluding hydrogens is 324 g/mol. The number of aliphatic hydroxyl groups excluding tert-OH is 1. The first-order valence-corrected chi connectivity index (χ1v) is 7.02. The summed E-state index contributed by atoms with van der Waals surface area (Å²) in [5.41, 5.74) is 1.99. The molecule has 0 fully saturated rings. The van der Waals surface area contributed by atoms with E-state index in [4.69, 9.17) is 4.74 Å². The van der Waals surface area contributed by atoms with Crippen molar-refractivity contribution in [3.05, 3.63) is 46.2 Å². The molecule has 0 aliphatic carbocycles. The first-order valence-electron chi connectivity index (χ1n) is 6.22. The molecular formula is C14H15BrN2O3. The van der Waals surface area contributed by atoms with E-state index < -0.39 is 12.1 Å². The van der Waals surface area contributed by atoms with Crippen molar-refractivity contribution in [3.63, 3.8) is 0 Å². The van der Waals surface area contributed by atoms with Crippen molar-refractivity contribution < 1.29 is 14.6 Å². The van der Waals surface area contributed by atoms with Gasteiger partial charge < -0.3 is 9.84 Å². The molecule has 0 spiro atoms. The Labute approximate surface area is 125 Å². The van der Waals surface area contributed by atoms with E-state index in [1.807, 2.05) is 18.2 Å². The van der Waals surface area contributed by atoms with Gasteiger partial charge in [-0.05, 0) is 47.5 Å². The molecule has 1 atom stereocenters. The van der Waals surface area contributed by atoms with Gasteiger partial charge in [0.25, 0.3) is 0 Å². The Hall–Kier alpha value is -1.66. The summed E-state index contributed by atoms with van der Waals surface area (Å²) < 4.78 is 7.29. The maximum atomic E-state index is 11.6.